The quantitative estimate of drug-likeness (QED) is 0.131. The fraction of sp³-hybridized carbons (Fsp3) is 0.593. The first-order valence-corrected chi connectivity index (χ1v) is 12.9. The highest BCUT2D eigenvalue weighted by atomic mass is 16.6. The lowest BCUT2D eigenvalue weighted by molar-refractivity contribution is -0.112. The number of ether oxygens (including phenoxy) is 5. The van der Waals surface area contributed by atoms with Crippen molar-refractivity contribution in [1.29, 1.82) is 0 Å². The topological polar surface area (TPSA) is 147 Å². The molecule has 0 spiro atoms. The van der Waals surface area contributed by atoms with E-state index in [4.69, 9.17) is 23.7 Å². The molecule has 0 saturated carbocycles. The van der Waals surface area contributed by atoms with Gasteiger partial charge in [0.25, 0.3) is 5.91 Å². The van der Waals surface area contributed by atoms with Gasteiger partial charge in [-0.1, -0.05) is 12.1 Å². The summed E-state index contributed by atoms with van der Waals surface area (Å²) in [7, 11) is 1.47. The Morgan fingerprint density at radius 2 is 1.33 bits per heavy atom. The predicted molar refractivity (Wildman–Crippen MR) is 142 cm³/mol. The van der Waals surface area contributed by atoms with Crippen LogP contribution in [0, 0.1) is 0 Å². The number of aldehydes is 4. The van der Waals surface area contributed by atoms with Gasteiger partial charge < -0.3 is 48.3 Å². The van der Waals surface area contributed by atoms with Crippen LogP contribution in [-0.2, 0) is 38.1 Å². The van der Waals surface area contributed by atoms with Crippen LogP contribution in [0.5, 0.6) is 0 Å². The number of hydrogen-bond donors (Lipinski definition) is 1. The molecule has 1 aromatic carbocycles. The number of hydrogen-bond acceptors (Lipinski definition) is 11. The zero-order valence-electron chi connectivity index (χ0n) is 22.5. The average Bonchev–Trinajstić information content (AvgIpc) is 2.96. The molecule has 1 rings (SSSR count). The Balaban J connectivity index is 2.24. The van der Waals surface area contributed by atoms with Crippen molar-refractivity contribution in [2.45, 2.75) is 25.3 Å². The van der Waals surface area contributed by atoms with Crippen molar-refractivity contribution < 1.29 is 47.7 Å². The summed E-state index contributed by atoms with van der Waals surface area (Å²) in [5, 5.41) is 3.11. The molecule has 0 bridgehead atoms. The van der Waals surface area contributed by atoms with Crippen LogP contribution in [0.15, 0.2) is 18.2 Å². The summed E-state index contributed by atoms with van der Waals surface area (Å²) in [6, 6.07) is 4.08. The summed E-state index contributed by atoms with van der Waals surface area (Å²) in [6.45, 7) is 4.51. The van der Waals surface area contributed by atoms with E-state index >= 15 is 0 Å². The van der Waals surface area contributed by atoms with Crippen molar-refractivity contribution in [3.8, 4) is 0 Å². The van der Waals surface area contributed by atoms with Gasteiger partial charge in [0.1, 0.15) is 18.9 Å². The largest absolute Gasteiger partial charge is 0.382 e. The van der Waals surface area contributed by atoms with Crippen LogP contribution >= 0.6 is 0 Å². The van der Waals surface area contributed by atoms with Gasteiger partial charge in [-0.15, -0.1) is 0 Å². The van der Waals surface area contributed by atoms with Crippen molar-refractivity contribution in [3.63, 3.8) is 0 Å². The predicted octanol–water partition coefficient (Wildman–Crippen LogP) is 1.20. The average molecular weight is 553 g/mol. The molecule has 0 fully saturated rings. The number of carbonyl (C=O) groups excluding carboxylic acids is 5. The Morgan fingerprint density at radius 1 is 0.795 bits per heavy atom. The molecule has 0 aliphatic heterocycles. The molecule has 0 saturated heterocycles. The highest BCUT2D eigenvalue weighted by Gasteiger charge is 2.25. The molecule has 0 aliphatic carbocycles. The van der Waals surface area contributed by atoms with Crippen LogP contribution in [0.3, 0.4) is 0 Å². The van der Waals surface area contributed by atoms with Crippen LogP contribution in [0.2, 0.25) is 0 Å². The van der Waals surface area contributed by atoms with E-state index < -0.39 is 11.9 Å². The minimum atomic E-state index is -0.775. The highest BCUT2D eigenvalue weighted by molar-refractivity contribution is 6.06. The van der Waals surface area contributed by atoms with Gasteiger partial charge in [-0.2, -0.15) is 0 Å². The fourth-order valence-electron chi connectivity index (χ4n) is 3.34. The van der Waals surface area contributed by atoms with Gasteiger partial charge in [0.2, 0.25) is 0 Å². The van der Waals surface area contributed by atoms with Gasteiger partial charge in [0, 0.05) is 37.7 Å². The smallest absolute Gasteiger partial charge is 0.257 e. The van der Waals surface area contributed by atoms with Gasteiger partial charge in [-0.25, -0.2) is 0 Å². The third kappa shape index (κ3) is 14.6. The Kier molecular flexibility index (Phi) is 20.0. The Morgan fingerprint density at radius 3 is 1.85 bits per heavy atom. The number of benzene rings is 1. The zero-order valence-corrected chi connectivity index (χ0v) is 22.5. The standard InChI is InChI=1S/C27H40N2O10/c1-29(24(22-33)6-3-9-30)27(34)26-23(21-32)5-2-7-25(26)28-8-12-36-14-16-38-18-20-39-19-17-37-15-13-35-11-4-10-31/h2,5,7,9-10,21-22,24,28H,3-4,6,8,11-20H2,1H3. The molecule has 218 valence electrons. The number of anilines is 1. The number of nitrogens with zero attached hydrogens (tertiary/aromatic N) is 1. The van der Waals surface area contributed by atoms with E-state index in [9.17, 15) is 24.0 Å². The minimum Gasteiger partial charge on any atom is -0.382 e. The van der Waals surface area contributed by atoms with Crippen LogP contribution in [-0.4, -0.2) is 122 Å². The number of likely N-dealkylation sites (N-methyl/N-ethyl adjacent to an activating group) is 1. The third-order valence-electron chi connectivity index (χ3n) is 5.42. The van der Waals surface area contributed by atoms with Crippen LogP contribution in [0.25, 0.3) is 0 Å². The lowest BCUT2D eigenvalue weighted by Crippen LogP contribution is -2.39. The molecule has 1 amide bonds. The zero-order chi connectivity index (χ0) is 28.6. The minimum absolute atomic E-state index is 0.145. The van der Waals surface area contributed by atoms with E-state index in [2.05, 4.69) is 5.32 Å². The monoisotopic (exact) mass is 552 g/mol. The molecule has 1 atom stereocenters. The molecule has 0 heterocycles. The molecule has 1 unspecified atom stereocenters. The van der Waals surface area contributed by atoms with E-state index in [0.717, 1.165) is 6.29 Å². The second-order valence-electron chi connectivity index (χ2n) is 8.20. The Hall–Kier alpha value is -3.03. The van der Waals surface area contributed by atoms with Crippen LogP contribution < -0.4 is 5.32 Å². The third-order valence-corrected chi connectivity index (χ3v) is 5.42. The summed E-state index contributed by atoms with van der Waals surface area (Å²) in [4.78, 5) is 58.2. The normalized spacial score (nSPS) is 11.5. The number of carbonyl (C=O) groups is 5. The molecule has 0 aromatic heterocycles. The number of nitrogens with one attached hydrogen (secondary N) is 1. The Bertz CT molecular complexity index is 852. The van der Waals surface area contributed by atoms with Crippen molar-refractivity contribution >= 4 is 36.7 Å². The molecule has 1 aromatic rings. The summed E-state index contributed by atoms with van der Waals surface area (Å²) < 4.78 is 26.9. The summed E-state index contributed by atoms with van der Waals surface area (Å²) in [5.74, 6) is -0.494. The van der Waals surface area contributed by atoms with Gasteiger partial charge in [0.05, 0.1) is 77.7 Å². The van der Waals surface area contributed by atoms with Crippen molar-refractivity contribution in [2.24, 2.45) is 0 Å². The second-order valence-corrected chi connectivity index (χ2v) is 8.20. The lowest BCUT2D eigenvalue weighted by Gasteiger charge is -2.25. The molecule has 0 radical (unpaired) electrons. The van der Waals surface area contributed by atoms with E-state index in [1.54, 1.807) is 12.1 Å². The lowest BCUT2D eigenvalue weighted by atomic mass is 10.0. The van der Waals surface area contributed by atoms with Gasteiger partial charge >= 0.3 is 0 Å². The van der Waals surface area contributed by atoms with Crippen LogP contribution in [0.1, 0.15) is 40.0 Å². The van der Waals surface area contributed by atoms with E-state index in [1.165, 1.54) is 18.0 Å². The van der Waals surface area contributed by atoms with Crippen LogP contribution in [0.4, 0.5) is 5.69 Å². The molecule has 0 aliphatic rings. The summed E-state index contributed by atoms with van der Waals surface area (Å²) in [5.41, 5.74) is 0.799. The molecular weight excluding hydrogens is 512 g/mol. The van der Waals surface area contributed by atoms with Crippen molar-refractivity contribution in [2.75, 3.05) is 85.0 Å². The second kappa shape index (κ2) is 22.9. The molecular formula is C27H40N2O10. The number of amides is 1. The van der Waals surface area contributed by atoms with Crippen molar-refractivity contribution in [3.05, 3.63) is 29.3 Å². The van der Waals surface area contributed by atoms with E-state index in [0.29, 0.717) is 104 Å². The summed E-state index contributed by atoms with van der Waals surface area (Å²) in [6.07, 6.45) is 3.45. The summed E-state index contributed by atoms with van der Waals surface area (Å²) >= 11 is 0. The number of rotatable bonds is 26. The Labute approximate surface area is 229 Å². The highest BCUT2D eigenvalue weighted by Crippen LogP contribution is 2.22. The first-order valence-electron chi connectivity index (χ1n) is 12.9. The van der Waals surface area contributed by atoms with Crippen molar-refractivity contribution in [1.82, 2.24) is 4.90 Å². The van der Waals surface area contributed by atoms with Gasteiger partial charge in [0.15, 0.2) is 6.29 Å². The maximum Gasteiger partial charge on any atom is 0.257 e. The van der Waals surface area contributed by atoms with Gasteiger partial charge in [-0.05, 0) is 12.5 Å². The fourth-order valence-corrected chi connectivity index (χ4v) is 3.34. The van der Waals surface area contributed by atoms with Gasteiger partial charge in [-0.3, -0.25) is 9.59 Å². The molecule has 39 heavy (non-hydrogen) atoms. The maximum atomic E-state index is 13.1. The van der Waals surface area contributed by atoms with E-state index in [1.807, 2.05) is 0 Å². The SMILES string of the molecule is CN(C(=O)c1c(C=O)cccc1NCCOCCOCCOCCOCCOCCC=O)C(C=O)CCC=O. The molecule has 1 N–H and O–H groups in total. The first kappa shape index (κ1) is 34.0. The molecule has 12 nitrogen and oxygen atoms in total. The van der Waals surface area contributed by atoms with E-state index in [-0.39, 0.29) is 24.0 Å². The maximum absolute atomic E-state index is 13.1. The molecule has 12 heteroatoms. The first-order chi connectivity index (χ1) is 19.1.